The Kier molecular flexibility index (Phi) is 7.99. The summed E-state index contributed by atoms with van der Waals surface area (Å²) in [7, 11) is 1.66. The number of rotatable bonds is 8. The highest BCUT2D eigenvalue weighted by Crippen LogP contribution is 2.19. The summed E-state index contributed by atoms with van der Waals surface area (Å²) in [5.41, 5.74) is 0.553. The third-order valence-corrected chi connectivity index (χ3v) is 4.72. The maximum atomic E-state index is 12.2. The van der Waals surface area contributed by atoms with Gasteiger partial charge in [-0.05, 0) is 38.0 Å². The van der Waals surface area contributed by atoms with Crippen molar-refractivity contribution in [2.24, 2.45) is 0 Å². The first kappa shape index (κ1) is 22.6. The Morgan fingerprint density at radius 1 is 1.24 bits per heavy atom. The molecule has 2 N–H and O–H groups in total. The van der Waals surface area contributed by atoms with Crippen LogP contribution in [0.4, 0.5) is 10.6 Å². The van der Waals surface area contributed by atoms with Gasteiger partial charge in [-0.1, -0.05) is 35.9 Å². The van der Waals surface area contributed by atoms with Gasteiger partial charge in [-0.3, -0.25) is 10.1 Å². The molecule has 0 fully saturated rings. The standard InChI is InChI=1S/C21H26ClN3O4/c1-21(2,28)16-9-10-18(23-14-16)24-20(27)29-13-12-25(3)19(26)11-8-15-6-4-5-7-17(15)22/h4-7,9-10,14,28H,8,11-13H2,1-3H3,(H,23,24,27). The molecule has 0 spiro atoms. The number of carbonyl (C=O) groups is 2. The van der Waals surface area contributed by atoms with E-state index in [1.165, 1.54) is 11.1 Å². The summed E-state index contributed by atoms with van der Waals surface area (Å²) in [5.74, 6) is 0.255. The van der Waals surface area contributed by atoms with Gasteiger partial charge < -0.3 is 14.7 Å². The molecule has 29 heavy (non-hydrogen) atoms. The molecule has 0 radical (unpaired) electrons. The van der Waals surface area contributed by atoms with E-state index in [9.17, 15) is 14.7 Å². The normalized spacial score (nSPS) is 11.1. The molecule has 0 aliphatic carbocycles. The van der Waals surface area contributed by atoms with Gasteiger partial charge in [0, 0.05) is 30.3 Å². The molecule has 8 heteroatoms. The van der Waals surface area contributed by atoms with E-state index in [1.54, 1.807) is 39.1 Å². The number of benzene rings is 1. The quantitative estimate of drug-likeness (QED) is 0.682. The number of carbonyl (C=O) groups excluding carboxylic acids is 2. The number of amides is 2. The summed E-state index contributed by atoms with van der Waals surface area (Å²) < 4.78 is 5.09. The second-order valence-corrected chi connectivity index (χ2v) is 7.57. The van der Waals surface area contributed by atoms with Crippen molar-refractivity contribution in [3.8, 4) is 0 Å². The van der Waals surface area contributed by atoms with Crippen LogP contribution in [0.15, 0.2) is 42.6 Å². The van der Waals surface area contributed by atoms with E-state index in [0.717, 1.165) is 5.56 Å². The number of aliphatic hydroxyl groups is 1. The molecule has 1 heterocycles. The van der Waals surface area contributed by atoms with Gasteiger partial charge in [0.15, 0.2) is 0 Å². The average Bonchev–Trinajstić information content (AvgIpc) is 2.66. The van der Waals surface area contributed by atoms with E-state index < -0.39 is 11.7 Å². The van der Waals surface area contributed by atoms with E-state index in [2.05, 4.69) is 10.3 Å². The van der Waals surface area contributed by atoms with Crippen molar-refractivity contribution in [1.82, 2.24) is 9.88 Å². The topological polar surface area (TPSA) is 91.8 Å². The Morgan fingerprint density at radius 2 is 1.97 bits per heavy atom. The number of aryl methyl sites for hydroxylation is 1. The molecule has 2 amide bonds. The first-order chi connectivity index (χ1) is 13.7. The molecular weight excluding hydrogens is 394 g/mol. The number of halogens is 1. The number of hydrogen-bond acceptors (Lipinski definition) is 5. The number of aromatic nitrogens is 1. The second kappa shape index (κ2) is 10.2. The van der Waals surface area contributed by atoms with Crippen LogP contribution in [0, 0.1) is 0 Å². The maximum Gasteiger partial charge on any atom is 0.412 e. The molecular formula is C21H26ClN3O4. The smallest absolute Gasteiger partial charge is 0.412 e. The monoisotopic (exact) mass is 419 g/mol. The Bertz CT molecular complexity index is 835. The molecule has 2 aromatic rings. The number of anilines is 1. The molecule has 156 valence electrons. The van der Waals surface area contributed by atoms with E-state index in [1.807, 2.05) is 18.2 Å². The SMILES string of the molecule is CN(CCOC(=O)Nc1ccc(C(C)(C)O)cn1)C(=O)CCc1ccccc1Cl. The lowest BCUT2D eigenvalue weighted by Gasteiger charge is -2.18. The molecule has 0 saturated carbocycles. The van der Waals surface area contributed by atoms with Crippen LogP contribution in [-0.2, 0) is 21.6 Å². The summed E-state index contributed by atoms with van der Waals surface area (Å²) in [6.07, 6.45) is 1.70. The van der Waals surface area contributed by atoms with E-state index >= 15 is 0 Å². The lowest BCUT2D eigenvalue weighted by atomic mass is 10.0. The Morgan fingerprint density at radius 3 is 2.59 bits per heavy atom. The highest BCUT2D eigenvalue weighted by Gasteiger charge is 2.16. The lowest BCUT2D eigenvalue weighted by Crippen LogP contribution is -2.31. The highest BCUT2D eigenvalue weighted by molar-refractivity contribution is 6.31. The van der Waals surface area contributed by atoms with Crippen LogP contribution in [0.2, 0.25) is 5.02 Å². The van der Waals surface area contributed by atoms with Crippen molar-refractivity contribution in [3.05, 3.63) is 58.7 Å². The zero-order valence-electron chi connectivity index (χ0n) is 16.8. The molecule has 0 aliphatic heterocycles. The van der Waals surface area contributed by atoms with Crippen molar-refractivity contribution >= 4 is 29.4 Å². The number of nitrogens with one attached hydrogen (secondary N) is 1. The van der Waals surface area contributed by atoms with Crippen molar-refractivity contribution in [1.29, 1.82) is 0 Å². The minimum Gasteiger partial charge on any atom is -0.447 e. The van der Waals surface area contributed by atoms with Crippen molar-refractivity contribution in [3.63, 3.8) is 0 Å². The first-order valence-electron chi connectivity index (χ1n) is 9.27. The minimum atomic E-state index is -1.00. The van der Waals surface area contributed by atoms with Crippen molar-refractivity contribution < 1.29 is 19.4 Å². The molecule has 7 nitrogen and oxygen atoms in total. The molecule has 0 aliphatic rings. The van der Waals surface area contributed by atoms with Gasteiger partial charge in [0.05, 0.1) is 12.1 Å². The maximum absolute atomic E-state index is 12.2. The van der Waals surface area contributed by atoms with Gasteiger partial charge in [-0.25, -0.2) is 9.78 Å². The number of hydrogen-bond donors (Lipinski definition) is 2. The van der Waals surface area contributed by atoms with E-state index in [-0.39, 0.29) is 19.1 Å². The summed E-state index contributed by atoms with van der Waals surface area (Å²) in [6, 6.07) is 10.7. The Hall–Kier alpha value is -2.64. The van der Waals surface area contributed by atoms with Crippen LogP contribution in [0.25, 0.3) is 0 Å². The summed E-state index contributed by atoms with van der Waals surface area (Å²) in [6.45, 7) is 3.64. The van der Waals surface area contributed by atoms with Gasteiger partial charge in [0.1, 0.15) is 12.4 Å². The van der Waals surface area contributed by atoms with Gasteiger partial charge in [0.25, 0.3) is 0 Å². The number of pyridine rings is 1. The summed E-state index contributed by atoms with van der Waals surface area (Å²) in [5, 5.41) is 13.1. The molecule has 0 saturated heterocycles. The predicted molar refractivity (Wildman–Crippen MR) is 112 cm³/mol. The fourth-order valence-corrected chi connectivity index (χ4v) is 2.73. The van der Waals surface area contributed by atoms with Crippen LogP contribution in [0.3, 0.4) is 0 Å². The summed E-state index contributed by atoms with van der Waals surface area (Å²) in [4.78, 5) is 29.6. The average molecular weight is 420 g/mol. The largest absolute Gasteiger partial charge is 0.447 e. The minimum absolute atomic E-state index is 0.0575. The van der Waals surface area contributed by atoms with Gasteiger partial charge >= 0.3 is 6.09 Å². The zero-order chi connectivity index (χ0) is 21.4. The van der Waals surface area contributed by atoms with Crippen molar-refractivity contribution in [2.45, 2.75) is 32.3 Å². The first-order valence-corrected chi connectivity index (χ1v) is 9.64. The van der Waals surface area contributed by atoms with Gasteiger partial charge in [0.2, 0.25) is 5.91 Å². The number of ether oxygens (including phenoxy) is 1. The zero-order valence-corrected chi connectivity index (χ0v) is 17.6. The fraction of sp³-hybridized carbons (Fsp3) is 0.381. The number of nitrogens with zero attached hydrogens (tertiary/aromatic N) is 2. The van der Waals surface area contributed by atoms with E-state index in [4.69, 9.17) is 16.3 Å². The number of likely N-dealkylation sites (N-methyl/N-ethyl adjacent to an activating group) is 1. The Labute approximate surface area is 175 Å². The summed E-state index contributed by atoms with van der Waals surface area (Å²) >= 11 is 6.10. The highest BCUT2D eigenvalue weighted by atomic mass is 35.5. The molecule has 0 atom stereocenters. The third-order valence-electron chi connectivity index (χ3n) is 4.35. The van der Waals surface area contributed by atoms with Crippen LogP contribution in [0.5, 0.6) is 0 Å². The van der Waals surface area contributed by atoms with Crippen molar-refractivity contribution in [2.75, 3.05) is 25.5 Å². The van der Waals surface area contributed by atoms with Crippen LogP contribution < -0.4 is 5.32 Å². The van der Waals surface area contributed by atoms with Gasteiger partial charge in [-0.15, -0.1) is 0 Å². The molecule has 1 aromatic heterocycles. The van der Waals surface area contributed by atoms with E-state index in [0.29, 0.717) is 29.2 Å². The molecule has 2 rings (SSSR count). The van der Waals surface area contributed by atoms with Crippen LogP contribution >= 0.6 is 11.6 Å². The fourth-order valence-electron chi connectivity index (χ4n) is 2.50. The third kappa shape index (κ3) is 7.36. The second-order valence-electron chi connectivity index (χ2n) is 7.16. The Balaban J connectivity index is 1.71. The van der Waals surface area contributed by atoms with Crippen LogP contribution in [-0.4, -0.2) is 47.2 Å². The van der Waals surface area contributed by atoms with Gasteiger partial charge in [-0.2, -0.15) is 0 Å². The molecule has 0 bridgehead atoms. The van der Waals surface area contributed by atoms with Crippen LogP contribution in [0.1, 0.15) is 31.4 Å². The lowest BCUT2D eigenvalue weighted by molar-refractivity contribution is -0.130. The molecule has 0 unspecified atom stereocenters. The molecule has 1 aromatic carbocycles. The predicted octanol–water partition coefficient (Wildman–Crippen LogP) is 3.60.